The number of H-pyrrole nitrogens is 2. The number of halogens is 1. The van der Waals surface area contributed by atoms with Gasteiger partial charge >= 0.3 is 0 Å². The molecule has 5 heteroatoms. The Kier molecular flexibility index (Phi) is 4.44. The first kappa shape index (κ1) is 19.0. The lowest BCUT2D eigenvalue weighted by atomic mass is 10.1. The van der Waals surface area contributed by atoms with E-state index in [2.05, 4.69) is 87.4 Å². The summed E-state index contributed by atoms with van der Waals surface area (Å²) in [6.07, 6.45) is 8.15. The van der Waals surface area contributed by atoms with Crippen LogP contribution in [0.1, 0.15) is 28.3 Å². The average Bonchev–Trinajstić information content (AvgIpc) is 3.53. The molecule has 3 aromatic heterocycles. The molecule has 0 saturated heterocycles. The molecule has 2 aliphatic rings. The maximum absolute atomic E-state index is 4.79. The fourth-order valence-electron chi connectivity index (χ4n) is 4.08. The average molecular weight is 479 g/mol. The van der Waals surface area contributed by atoms with Gasteiger partial charge in [-0.05, 0) is 90.9 Å². The van der Waals surface area contributed by atoms with E-state index in [1.807, 2.05) is 30.4 Å². The van der Waals surface area contributed by atoms with Gasteiger partial charge < -0.3 is 9.97 Å². The topological polar surface area (TPSA) is 57.4 Å². The molecule has 32 heavy (non-hydrogen) atoms. The van der Waals surface area contributed by atoms with Crippen molar-refractivity contribution in [3.63, 3.8) is 0 Å². The van der Waals surface area contributed by atoms with E-state index < -0.39 is 0 Å². The number of hydrogen-bond donors (Lipinski definition) is 2. The van der Waals surface area contributed by atoms with Crippen molar-refractivity contribution >= 4 is 62.3 Å². The van der Waals surface area contributed by atoms with Crippen LogP contribution < -0.4 is 0 Å². The number of benzene rings is 1. The summed E-state index contributed by atoms with van der Waals surface area (Å²) >= 11 is 3.75. The third-order valence-electron chi connectivity index (χ3n) is 5.58. The molecule has 4 nitrogen and oxygen atoms in total. The number of nitrogens with zero attached hydrogens (tertiary/aromatic N) is 2. The van der Waals surface area contributed by atoms with Crippen LogP contribution in [0.4, 0.5) is 0 Å². The van der Waals surface area contributed by atoms with Crippen molar-refractivity contribution in [2.24, 2.45) is 0 Å². The van der Waals surface area contributed by atoms with Gasteiger partial charge in [0.15, 0.2) is 0 Å². The first-order valence-electron chi connectivity index (χ1n) is 10.4. The summed E-state index contributed by atoms with van der Waals surface area (Å²) < 4.78 is 1.07. The highest BCUT2D eigenvalue weighted by Crippen LogP contribution is 2.33. The first-order valence-corrected chi connectivity index (χ1v) is 11.2. The molecule has 1 aromatic carbocycles. The molecular formula is C27H19BrN4. The monoisotopic (exact) mass is 478 g/mol. The van der Waals surface area contributed by atoms with E-state index in [9.17, 15) is 0 Å². The molecule has 4 aromatic rings. The van der Waals surface area contributed by atoms with Gasteiger partial charge in [0.2, 0.25) is 0 Å². The SMILES string of the molecule is Cc1ccc(-c2cc3cc4nc(cc5ccc(cc6nc(cc2[nH]3)C=C6)[nH]5)C=C4)c(Br)c1. The summed E-state index contributed by atoms with van der Waals surface area (Å²) in [7, 11) is 0. The van der Waals surface area contributed by atoms with Crippen LogP contribution in [0.2, 0.25) is 0 Å². The third-order valence-corrected chi connectivity index (χ3v) is 6.24. The number of aromatic amines is 2. The Bertz CT molecular complexity index is 1600. The van der Waals surface area contributed by atoms with Crippen molar-refractivity contribution < 1.29 is 0 Å². The minimum absolute atomic E-state index is 0.910. The van der Waals surface area contributed by atoms with Crippen molar-refractivity contribution in [3.8, 4) is 11.1 Å². The van der Waals surface area contributed by atoms with Gasteiger partial charge in [-0.3, -0.25) is 0 Å². The van der Waals surface area contributed by atoms with Gasteiger partial charge in [0.25, 0.3) is 0 Å². The van der Waals surface area contributed by atoms with Crippen LogP contribution >= 0.6 is 15.9 Å². The van der Waals surface area contributed by atoms with E-state index in [-0.39, 0.29) is 0 Å². The largest absolute Gasteiger partial charge is 0.355 e. The molecule has 0 unspecified atom stereocenters. The van der Waals surface area contributed by atoms with Crippen molar-refractivity contribution in [2.45, 2.75) is 6.92 Å². The summed E-state index contributed by atoms with van der Waals surface area (Å²) in [5, 5.41) is 0. The minimum atomic E-state index is 0.910. The lowest BCUT2D eigenvalue weighted by Crippen LogP contribution is -1.81. The van der Waals surface area contributed by atoms with Crippen LogP contribution in [-0.2, 0) is 0 Å². The summed E-state index contributed by atoms with van der Waals surface area (Å²) in [5.74, 6) is 0. The fourth-order valence-corrected chi connectivity index (χ4v) is 4.79. The standard InChI is InChI=1S/C27H19BrN4/c1-16-2-9-24(26(28)10-16)25-14-23-13-21-6-5-19(30-21)11-17-3-4-18(29-17)12-20-7-8-22(31-20)15-27(25)32-23/h2-15,29,32H,1H3. The Morgan fingerprint density at radius 2 is 1.19 bits per heavy atom. The first-order chi connectivity index (χ1) is 15.6. The van der Waals surface area contributed by atoms with Gasteiger partial charge in [0.05, 0.1) is 22.8 Å². The van der Waals surface area contributed by atoms with Gasteiger partial charge in [-0.15, -0.1) is 0 Å². The molecule has 2 aliphatic heterocycles. The van der Waals surface area contributed by atoms with Gasteiger partial charge in [0.1, 0.15) is 0 Å². The molecule has 6 rings (SSSR count). The van der Waals surface area contributed by atoms with Crippen LogP contribution in [-0.4, -0.2) is 19.9 Å². The Morgan fingerprint density at radius 3 is 1.81 bits per heavy atom. The smallest absolute Gasteiger partial charge is 0.0658 e. The zero-order valence-electron chi connectivity index (χ0n) is 17.4. The number of rotatable bonds is 1. The molecule has 0 atom stereocenters. The number of aryl methyl sites for hydroxylation is 1. The Morgan fingerprint density at radius 1 is 0.594 bits per heavy atom. The number of nitrogens with one attached hydrogen (secondary N) is 2. The molecule has 154 valence electrons. The van der Waals surface area contributed by atoms with Crippen molar-refractivity contribution in [3.05, 3.63) is 93.5 Å². The van der Waals surface area contributed by atoms with Crippen LogP contribution in [0.25, 0.3) is 57.5 Å². The van der Waals surface area contributed by atoms with Crippen molar-refractivity contribution in [2.75, 3.05) is 0 Å². The van der Waals surface area contributed by atoms with Gasteiger partial charge in [-0.1, -0.05) is 28.1 Å². The zero-order valence-corrected chi connectivity index (χ0v) is 18.9. The predicted octanol–water partition coefficient (Wildman–Crippen LogP) is 7.39. The highest BCUT2D eigenvalue weighted by Gasteiger charge is 2.10. The van der Waals surface area contributed by atoms with Crippen LogP contribution in [0, 0.1) is 6.92 Å². The predicted molar refractivity (Wildman–Crippen MR) is 137 cm³/mol. The number of hydrogen-bond acceptors (Lipinski definition) is 2. The quantitative estimate of drug-likeness (QED) is 0.258. The molecular weight excluding hydrogens is 460 g/mol. The lowest BCUT2D eigenvalue weighted by molar-refractivity contribution is 1.31. The van der Waals surface area contributed by atoms with Gasteiger partial charge in [0, 0.05) is 32.1 Å². The van der Waals surface area contributed by atoms with Crippen LogP contribution in [0.15, 0.2) is 65.1 Å². The highest BCUT2D eigenvalue weighted by molar-refractivity contribution is 9.10. The Hall–Kier alpha value is -3.70. The van der Waals surface area contributed by atoms with E-state index in [1.54, 1.807) is 0 Å². The molecule has 2 N–H and O–H groups in total. The second-order valence-corrected chi connectivity index (χ2v) is 8.93. The van der Waals surface area contributed by atoms with E-state index >= 15 is 0 Å². The van der Waals surface area contributed by atoms with E-state index in [0.717, 1.165) is 60.4 Å². The number of fused-ring (bicyclic) bond motifs is 8. The zero-order chi connectivity index (χ0) is 21.7. The summed E-state index contributed by atoms with van der Waals surface area (Å²) in [6, 6.07) is 21.0. The Balaban J connectivity index is 1.68. The molecule has 0 fully saturated rings. The maximum Gasteiger partial charge on any atom is 0.0658 e. The van der Waals surface area contributed by atoms with E-state index in [1.165, 1.54) is 5.56 Å². The molecule has 5 heterocycles. The molecule has 0 radical (unpaired) electrons. The molecule has 0 saturated carbocycles. The lowest BCUT2D eigenvalue weighted by Gasteiger charge is -2.04. The second kappa shape index (κ2) is 7.46. The van der Waals surface area contributed by atoms with E-state index in [4.69, 9.17) is 9.97 Å². The minimum Gasteiger partial charge on any atom is -0.355 e. The summed E-state index contributed by atoms with van der Waals surface area (Å²) in [5.41, 5.74) is 11.2. The number of aromatic nitrogens is 4. The third kappa shape index (κ3) is 3.61. The molecule has 8 bridgehead atoms. The van der Waals surface area contributed by atoms with E-state index in [0.29, 0.717) is 0 Å². The Labute approximate surface area is 193 Å². The van der Waals surface area contributed by atoms with Crippen LogP contribution in [0.3, 0.4) is 0 Å². The van der Waals surface area contributed by atoms with Gasteiger partial charge in [-0.2, -0.15) is 0 Å². The fraction of sp³-hybridized carbons (Fsp3) is 0.0370. The molecule has 0 aliphatic carbocycles. The van der Waals surface area contributed by atoms with Crippen LogP contribution in [0.5, 0.6) is 0 Å². The molecule has 0 spiro atoms. The molecule has 0 amide bonds. The summed E-state index contributed by atoms with van der Waals surface area (Å²) in [4.78, 5) is 16.5. The van der Waals surface area contributed by atoms with Gasteiger partial charge in [-0.25, -0.2) is 9.97 Å². The van der Waals surface area contributed by atoms with Crippen molar-refractivity contribution in [1.29, 1.82) is 0 Å². The summed E-state index contributed by atoms with van der Waals surface area (Å²) in [6.45, 7) is 2.10. The normalized spacial score (nSPS) is 12.4. The van der Waals surface area contributed by atoms with Crippen molar-refractivity contribution in [1.82, 2.24) is 19.9 Å². The highest BCUT2D eigenvalue weighted by atomic mass is 79.9. The maximum atomic E-state index is 4.79. The second-order valence-electron chi connectivity index (χ2n) is 8.07.